The van der Waals surface area contributed by atoms with Gasteiger partial charge in [0.15, 0.2) is 0 Å². The largest absolute Gasteiger partial charge is 0.368 e. The van der Waals surface area contributed by atoms with E-state index in [-0.39, 0.29) is 12.5 Å². The van der Waals surface area contributed by atoms with Crippen LogP contribution < -0.4 is 5.32 Å². The Morgan fingerprint density at radius 2 is 2.13 bits per heavy atom. The topological polar surface area (TPSA) is 41.6 Å². The summed E-state index contributed by atoms with van der Waals surface area (Å²) in [5.74, 6) is 1.44. The van der Waals surface area contributed by atoms with Gasteiger partial charge in [0.05, 0.1) is 6.61 Å². The monoisotopic (exact) mass is 210 g/mol. The van der Waals surface area contributed by atoms with Gasteiger partial charge < -0.3 is 15.0 Å². The highest BCUT2D eigenvalue weighted by Crippen LogP contribution is 2.26. The lowest BCUT2D eigenvalue weighted by atomic mass is 10.0. The molecule has 0 aliphatic carbocycles. The van der Waals surface area contributed by atoms with Crippen molar-refractivity contribution in [2.45, 2.75) is 0 Å². The zero-order valence-electron chi connectivity index (χ0n) is 8.95. The highest BCUT2D eigenvalue weighted by Gasteiger charge is 2.37. The van der Waals surface area contributed by atoms with Crippen molar-refractivity contribution in [2.75, 3.05) is 39.4 Å². The lowest BCUT2D eigenvalue weighted by Gasteiger charge is -2.17. The van der Waals surface area contributed by atoms with Gasteiger partial charge in [-0.2, -0.15) is 0 Å². The third-order valence-corrected chi connectivity index (χ3v) is 3.20. The minimum absolute atomic E-state index is 0.117. The maximum Gasteiger partial charge on any atom is 0.248 e. The molecule has 2 fully saturated rings. The van der Waals surface area contributed by atoms with Crippen LogP contribution in [0.15, 0.2) is 12.7 Å². The lowest BCUT2D eigenvalue weighted by molar-refractivity contribution is -0.134. The summed E-state index contributed by atoms with van der Waals surface area (Å²) in [4.78, 5) is 13.6. The summed E-state index contributed by atoms with van der Waals surface area (Å²) in [6.45, 7) is 8.10. The molecule has 84 valence electrons. The summed E-state index contributed by atoms with van der Waals surface area (Å²) in [5, 5.41) is 3.35. The molecule has 0 aromatic rings. The van der Waals surface area contributed by atoms with Crippen molar-refractivity contribution >= 4 is 5.91 Å². The number of ether oxygens (including phenoxy) is 1. The van der Waals surface area contributed by atoms with Gasteiger partial charge in [0.2, 0.25) is 5.91 Å². The van der Waals surface area contributed by atoms with Crippen LogP contribution in [-0.4, -0.2) is 50.2 Å². The van der Waals surface area contributed by atoms with Gasteiger partial charge in [-0.1, -0.05) is 6.08 Å². The molecule has 2 heterocycles. The van der Waals surface area contributed by atoms with Crippen molar-refractivity contribution in [1.82, 2.24) is 10.2 Å². The van der Waals surface area contributed by atoms with Crippen LogP contribution in [0.4, 0.5) is 0 Å². The fraction of sp³-hybridized carbons (Fsp3) is 0.727. The zero-order chi connectivity index (χ0) is 10.7. The Balaban J connectivity index is 1.75. The Hall–Kier alpha value is -0.870. The van der Waals surface area contributed by atoms with Crippen LogP contribution in [0.3, 0.4) is 0 Å². The van der Waals surface area contributed by atoms with Crippen LogP contribution >= 0.6 is 0 Å². The van der Waals surface area contributed by atoms with Crippen molar-refractivity contribution in [3.05, 3.63) is 12.7 Å². The molecule has 2 aliphatic rings. The van der Waals surface area contributed by atoms with E-state index in [4.69, 9.17) is 4.74 Å². The Bertz CT molecular complexity index is 243. The van der Waals surface area contributed by atoms with Crippen molar-refractivity contribution in [1.29, 1.82) is 0 Å². The number of carbonyl (C=O) groups excluding carboxylic acids is 1. The maximum absolute atomic E-state index is 11.7. The van der Waals surface area contributed by atoms with Crippen LogP contribution in [0.1, 0.15) is 0 Å². The number of hydrogen-bond acceptors (Lipinski definition) is 3. The molecule has 2 saturated heterocycles. The molecule has 1 N–H and O–H groups in total. The molecular weight excluding hydrogens is 192 g/mol. The SMILES string of the molecule is C=CCOCC(=O)N1C[C@H]2CNC[C@H]2C1. The second-order valence-corrected chi connectivity index (χ2v) is 4.28. The minimum Gasteiger partial charge on any atom is -0.368 e. The molecule has 0 spiro atoms. The van der Waals surface area contributed by atoms with Crippen molar-refractivity contribution in [2.24, 2.45) is 11.8 Å². The standard InChI is InChI=1S/C11H18N2O2/c1-2-3-15-8-11(14)13-6-9-4-12-5-10(9)7-13/h2,9-10,12H,1,3-8H2/t9-,10+. The average molecular weight is 210 g/mol. The second-order valence-electron chi connectivity index (χ2n) is 4.28. The molecule has 2 atom stereocenters. The lowest BCUT2D eigenvalue weighted by Crippen LogP contribution is -2.34. The molecule has 15 heavy (non-hydrogen) atoms. The number of nitrogens with one attached hydrogen (secondary N) is 1. The van der Waals surface area contributed by atoms with Gasteiger partial charge in [0.1, 0.15) is 6.61 Å². The van der Waals surface area contributed by atoms with E-state index >= 15 is 0 Å². The van der Waals surface area contributed by atoms with Gasteiger partial charge in [0.25, 0.3) is 0 Å². The first-order valence-corrected chi connectivity index (χ1v) is 5.48. The number of hydrogen-bond donors (Lipinski definition) is 1. The summed E-state index contributed by atoms with van der Waals surface area (Å²) < 4.78 is 5.15. The van der Waals surface area contributed by atoms with Gasteiger partial charge in [-0.25, -0.2) is 0 Å². The van der Waals surface area contributed by atoms with Crippen molar-refractivity contribution in [3.8, 4) is 0 Å². The Labute approximate surface area is 90.3 Å². The summed E-state index contributed by atoms with van der Waals surface area (Å²) in [7, 11) is 0. The normalized spacial score (nSPS) is 29.2. The molecule has 2 aliphatic heterocycles. The average Bonchev–Trinajstić information content (AvgIpc) is 2.76. The first kappa shape index (κ1) is 10.6. The fourth-order valence-electron chi connectivity index (χ4n) is 2.38. The molecule has 2 rings (SSSR count). The summed E-state index contributed by atoms with van der Waals surface area (Å²) in [5.41, 5.74) is 0. The van der Waals surface area contributed by atoms with Crippen molar-refractivity contribution in [3.63, 3.8) is 0 Å². The van der Waals surface area contributed by atoms with Gasteiger partial charge in [0, 0.05) is 26.2 Å². The molecule has 0 aromatic carbocycles. The van der Waals surface area contributed by atoms with E-state index in [1.807, 2.05) is 4.90 Å². The van der Waals surface area contributed by atoms with Gasteiger partial charge in [-0.15, -0.1) is 6.58 Å². The number of carbonyl (C=O) groups is 1. The third kappa shape index (κ3) is 2.38. The first-order chi connectivity index (χ1) is 7.31. The number of likely N-dealkylation sites (tertiary alicyclic amines) is 1. The van der Waals surface area contributed by atoms with Crippen LogP contribution in [0.25, 0.3) is 0 Å². The highest BCUT2D eigenvalue weighted by molar-refractivity contribution is 5.77. The fourth-order valence-corrected chi connectivity index (χ4v) is 2.38. The minimum atomic E-state index is 0.117. The molecule has 4 heteroatoms. The summed E-state index contributed by atoms with van der Waals surface area (Å²) >= 11 is 0. The smallest absolute Gasteiger partial charge is 0.248 e. The number of fused-ring (bicyclic) bond motifs is 1. The van der Waals surface area contributed by atoms with E-state index in [0.717, 1.165) is 26.2 Å². The van der Waals surface area contributed by atoms with Crippen LogP contribution in [0.2, 0.25) is 0 Å². The number of rotatable bonds is 4. The Morgan fingerprint density at radius 1 is 1.47 bits per heavy atom. The number of amides is 1. The zero-order valence-corrected chi connectivity index (χ0v) is 8.95. The predicted molar refractivity (Wildman–Crippen MR) is 57.4 cm³/mol. The van der Waals surface area contributed by atoms with Crippen molar-refractivity contribution < 1.29 is 9.53 Å². The molecule has 4 nitrogen and oxygen atoms in total. The number of nitrogens with zero attached hydrogens (tertiary/aromatic N) is 1. The third-order valence-electron chi connectivity index (χ3n) is 3.20. The highest BCUT2D eigenvalue weighted by atomic mass is 16.5. The summed E-state index contributed by atoms with van der Waals surface area (Å²) in [6.07, 6.45) is 1.66. The molecule has 0 saturated carbocycles. The van der Waals surface area contributed by atoms with Gasteiger partial charge in [-0.05, 0) is 11.8 Å². The predicted octanol–water partition coefficient (Wildman–Crippen LogP) is -0.133. The first-order valence-electron chi connectivity index (χ1n) is 5.48. The molecule has 0 aromatic heterocycles. The molecule has 0 radical (unpaired) electrons. The molecule has 1 amide bonds. The van der Waals surface area contributed by atoms with Crippen LogP contribution in [0, 0.1) is 11.8 Å². The van der Waals surface area contributed by atoms with Crippen LogP contribution in [-0.2, 0) is 9.53 Å². The van der Waals surface area contributed by atoms with Crippen LogP contribution in [0.5, 0.6) is 0 Å². The Kier molecular flexibility index (Phi) is 3.38. The quantitative estimate of drug-likeness (QED) is 0.519. The van der Waals surface area contributed by atoms with E-state index in [0.29, 0.717) is 18.4 Å². The second kappa shape index (κ2) is 4.77. The van der Waals surface area contributed by atoms with E-state index in [1.165, 1.54) is 0 Å². The van der Waals surface area contributed by atoms with E-state index in [2.05, 4.69) is 11.9 Å². The van der Waals surface area contributed by atoms with E-state index < -0.39 is 0 Å². The van der Waals surface area contributed by atoms with E-state index in [1.54, 1.807) is 6.08 Å². The summed E-state index contributed by atoms with van der Waals surface area (Å²) in [6, 6.07) is 0. The van der Waals surface area contributed by atoms with E-state index in [9.17, 15) is 4.79 Å². The van der Waals surface area contributed by atoms with Gasteiger partial charge in [-0.3, -0.25) is 4.79 Å². The Morgan fingerprint density at radius 3 is 2.73 bits per heavy atom. The molecule has 0 bridgehead atoms. The molecule has 0 unspecified atom stereocenters. The van der Waals surface area contributed by atoms with Gasteiger partial charge >= 0.3 is 0 Å². The molecular formula is C11H18N2O2. The maximum atomic E-state index is 11.7.